The molecule has 5 heteroatoms. The van der Waals surface area contributed by atoms with Crippen molar-refractivity contribution in [3.05, 3.63) is 70.2 Å². The third-order valence-corrected chi connectivity index (χ3v) is 2.93. The van der Waals surface area contributed by atoms with E-state index >= 15 is 0 Å². The number of carbonyl (C=O) groups is 3. The van der Waals surface area contributed by atoms with Gasteiger partial charge in [-0.3, -0.25) is 9.59 Å². The van der Waals surface area contributed by atoms with E-state index in [4.69, 9.17) is 16.7 Å². The number of Topliss-reactive ketones (excluding diaryl/α,β-unsaturated/α-hetero) is 2. The molecule has 4 nitrogen and oxygen atoms in total. The lowest BCUT2D eigenvalue weighted by Crippen LogP contribution is -2.18. The third-order valence-electron chi connectivity index (χ3n) is 2.70. The Morgan fingerprint density at radius 3 is 2.10 bits per heavy atom. The van der Waals surface area contributed by atoms with Gasteiger partial charge >= 0.3 is 5.97 Å². The van der Waals surface area contributed by atoms with Gasteiger partial charge in [-0.25, -0.2) is 4.79 Å². The molecule has 0 saturated carbocycles. The Morgan fingerprint density at radius 2 is 1.50 bits per heavy atom. The monoisotopic (exact) mass is 288 g/mol. The summed E-state index contributed by atoms with van der Waals surface area (Å²) in [5.41, 5.74) is -0.208. The number of carboxylic acids is 1. The number of carbonyl (C=O) groups excluding carboxylic acids is 2. The molecule has 0 fully saturated rings. The number of benzene rings is 2. The van der Waals surface area contributed by atoms with E-state index in [9.17, 15) is 14.4 Å². The van der Waals surface area contributed by atoms with Gasteiger partial charge in [0.25, 0.3) is 0 Å². The van der Waals surface area contributed by atoms with Crippen molar-refractivity contribution in [2.45, 2.75) is 0 Å². The van der Waals surface area contributed by atoms with Crippen LogP contribution in [-0.2, 0) is 0 Å². The average molecular weight is 289 g/mol. The zero-order valence-electron chi connectivity index (χ0n) is 10.2. The van der Waals surface area contributed by atoms with Gasteiger partial charge in [-0.05, 0) is 18.2 Å². The zero-order valence-corrected chi connectivity index (χ0v) is 10.9. The molecule has 2 rings (SSSR count). The fourth-order valence-electron chi connectivity index (χ4n) is 1.75. The van der Waals surface area contributed by atoms with Crippen molar-refractivity contribution in [1.29, 1.82) is 0 Å². The van der Waals surface area contributed by atoms with Crippen LogP contribution in [0.5, 0.6) is 0 Å². The van der Waals surface area contributed by atoms with Crippen LogP contribution in [0.3, 0.4) is 0 Å². The largest absolute Gasteiger partial charge is 0.478 e. The highest BCUT2D eigenvalue weighted by molar-refractivity contribution is 6.50. The molecule has 0 radical (unpaired) electrons. The maximum Gasteiger partial charge on any atom is 0.336 e. The van der Waals surface area contributed by atoms with Gasteiger partial charge < -0.3 is 5.11 Å². The molecule has 0 atom stereocenters. The maximum absolute atomic E-state index is 12.1. The maximum atomic E-state index is 12.1. The van der Waals surface area contributed by atoms with Crippen LogP contribution in [0.1, 0.15) is 31.1 Å². The van der Waals surface area contributed by atoms with Gasteiger partial charge in [-0.15, -0.1) is 0 Å². The first-order valence-corrected chi connectivity index (χ1v) is 6.05. The van der Waals surface area contributed by atoms with E-state index in [0.29, 0.717) is 5.02 Å². The first kappa shape index (κ1) is 14.0. The topological polar surface area (TPSA) is 71.4 Å². The molecule has 0 unspecified atom stereocenters. The molecule has 0 aliphatic rings. The van der Waals surface area contributed by atoms with Crippen LogP contribution in [0.2, 0.25) is 5.02 Å². The van der Waals surface area contributed by atoms with Crippen LogP contribution in [0, 0.1) is 0 Å². The summed E-state index contributed by atoms with van der Waals surface area (Å²) in [5, 5.41) is 9.36. The van der Waals surface area contributed by atoms with E-state index in [2.05, 4.69) is 0 Å². The standard InChI is InChI=1S/C15H9ClO4/c16-10-5-3-4-9(8-10)13(17)14(18)11-6-1-2-7-12(11)15(19)20/h1-8H,(H,19,20). The molecule has 0 heterocycles. The molecule has 0 saturated heterocycles. The molecule has 2 aromatic carbocycles. The SMILES string of the molecule is O=C(C(=O)c1ccccc1C(=O)O)c1cccc(Cl)c1. The molecule has 0 spiro atoms. The molecule has 1 N–H and O–H groups in total. The number of hydrogen-bond acceptors (Lipinski definition) is 3. The lowest BCUT2D eigenvalue weighted by molar-refractivity contribution is 0.0691. The molecule has 0 bridgehead atoms. The molecule has 0 aliphatic heterocycles. The molecule has 2 aromatic rings. The van der Waals surface area contributed by atoms with Crippen LogP contribution >= 0.6 is 11.6 Å². The number of rotatable bonds is 4. The highest BCUT2D eigenvalue weighted by Gasteiger charge is 2.23. The molecule has 0 aromatic heterocycles. The Morgan fingerprint density at radius 1 is 0.850 bits per heavy atom. The summed E-state index contributed by atoms with van der Waals surface area (Å²) in [4.78, 5) is 35.3. The van der Waals surface area contributed by atoms with Gasteiger partial charge in [-0.2, -0.15) is 0 Å². The van der Waals surface area contributed by atoms with Gasteiger partial charge in [0.05, 0.1) is 5.56 Å². The molecule has 0 aliphatic carbocycles. The smallest absolute Gasteiger partial charge is 0.336 e. The first-order valence-electron chi connectivity index (χ1n) is 5.67. The Bertz CT molecular complexity index is 707. The minimum atomic E-state index is -1.26. The van der Waals surface area contributed by atoms with Gasteiger partial charge in [0, 0.05) is 16.1 Å². The summed E-state index contributed by atoms with van der Waals surface area (Å²) < 4.78 is 0. The van der Waals surface area contributed by atoms with Crippen LogP contribution in [0.4, 0.5) is 0 Å². The fraction of sp³-hybridized carbons (Fsp3) is 0. The second-order valence-corrected chi connectivity index (χ2v) is 4.46. The van der Waals surface area contributed by atoms with Crippen LogP contribution < -0.4 is 0 Å². The van der Waals surface area contributed by atoms with Crippen molar-refractivity contribution >= 4 is 29.1 Å². The molecule has 20 heavy (non-hydrogen) atoms. The summed E-state index contributed by atoms with van der Waals surface area (Å²) in [7, 11) is 0. The number of ketones is 2. The van der Waals surface area contributed by atoms with Gasteiger partial charge in [-0.1, -0.05) is 41.9 Å². The number of hydrogen-bond donors (Lipinski definition) is 1. The Balaban J connectivity index is 2.42. The molecule has 100 valence electrons. The first-order chi connectivity index (χ1) is 9.50. The minimum absolute atomic E-state index is 0.127. The van der Waals surface area contributed by atoms with Crippen molar-refractivity contribution in [3.63, 3.8) is 0 Å². The van der Waals surface area contributed by atoms with Gasteiger partial charge in [0.2, 0.25) is 11.6 Å². The van der Waals surface area contributed by atoms with E-state index in [1.165, 1.54) is 36.4 Å². The summed E-state index contributed by atoms with van der Waals surface area (Å²) in [6.45, 7) is 0. The fourth-order valence-corrected chi connectivity index (χ4v) is 1.94. The number of halogens is 1. The second-order valence-electron chi connectivity index (χ2n) is 4.02. The third kappa shape index (κ3) is 2.75. The Hall–Kier alpha value is -2.46. The minimum Gasteiger partial charge on any atom is -0.478 e. The highest BCUT2D eigenvalue weighted by atomic mass is 35.5. The van der Waals surface area contributed by atoms with E-state index < -0.39 is 17.5 Å². The highest BCUT2D eigenvalue weighted by Crippen LogP contribution is 2.16. The average Bonchev–Trinajstić information content (AvgIpc) is 2.45. The quantitative estimate of drug-likeness (QED) is 0.693. The summed E-state index contributed by atoms with van der Waals surface area (Å²) in [6.07, 6.45) is 0. The van der Waals surface area contributed by atoms with Crippen molar-refractivity contribution in [2.75, 3.05) is 0 Å². The summed E-state index contributed by atoms with van der Waals surface area (Å²) in [6, 6.07) is 11.5. The number of carboxylic acid groups (broad SMARTS) is 1. The van der Waals surface area contributed by atoms with E-state index in [1.807, 2.05) is 0 Å². The lowest BCUT2D eigenvalue weighted by Gasteiger charge is -2.04. The zero-order chi connectivity index (χ0) is 14.7. The normalized spacial score (nSPS) is 10.1. The second kappa shape index (κ2) is 5.67. The van der Waals surface area contributed by atoms with E-state index in [0.717, 1.165) is 0 Å². The van der Waals surface area contributed by atoms with Crippen molar-refractivity contribution < 1.29 is 19.5 Å². The van der Waals surface area contributed by atoms with Gasteiger partial charge in [0.1, 0.15) is 0 Å². The Kier molecular flexibility index (Phi) is 3.96. The van der Waals surface area contributed by atoms with Gasteiger partial charge in [0.15, 0.2) is 0 Å². The predicted molar refractivity (Wildman–Crippen MR) is 73.5 cm³/mol. The summed E-state index contributed by atoms with van der Waals surface area (Å²) >= 11 is 5.76. The van der Waals surface area contributed by atoms with Crippen molar-refractivity contribution in [1.82, 2.24) is 0 Å². The van der Waals surface area contributed by atoms with Crippen molar-refractivity contribution in [3.8, 4) is 0 Å². The predicted octanol–water partition coefficient (Wildman–Crippen LogP) is 3.10. The molecular formula is C15H9ClO4. The molecule has 0 amide bonds. The van der Waals surface area contributed by atoms with E-state index in [1.54, 1.807) is 12.1 Å². The lowest BCUT2D eigenvalue weighted by atomic mass is 9.97. The van der Waals surface area contributed by atoms with Crippen LogP contribution in [-0.4, -0.2) is 22.6 Å². The number of aromatic carboxylic acids is 1. The van der Waals surface area contributed by atoms with E-state index in [-0.39, 0.29) is 16.7 Å². The van der Waals surface area contributed by atoms with Crippen molar-refractivity contribution in [2.24, 2.45) is 0 Å². The summed E-state index contributed by atoms with van der Waals surface area (Å²) in [5.74, 6) is -2.92. The molecular weight excluding hydrogens is 280 g/mol. The Labute approximate surface area is 119 Å². The van der Waals surface area contributed by atoms with Crippen LogP contribution in [0.15, 0.2) is 48.5 Å². The van der Waals surface area contributed by atoms with Crippen LogP contribution in [0.25, 0.3) is 0 Å².